The molecule has 3 rings (SSSR count). The summed E-state index contributed by atoms with van der Waals surface area (Å²) in [5, 5.41) is 21.1. The van der Waals surface area contributed by atoms with Crippen molar-refractivity contribution in [2.45, 2.75) is 12.5 Å². The number of nitrogens with zero attached hydrogens (tertiary/aromatic N) is 2. The molecule has 0 bridgehead atoms. The topological polar surface area (TPSA) is 157 Å². The van der Waals surface area contributed by atoms with Gasteiger partial charge in [-0.2, -0.15) is 0 Å². The molecule has 1 atom stereocenters. The number of nitrogens with one attached hydrogen (secondary N) is 2. The Kier molecular flexibility index (Phi) is 7.21. The quantitative estimate of drug-likeness (QED) is 0.246. The van der Waals surface area contributed by atoms with Crippen molar-refractivity contribution in [2.24, 2.45) is 5.73 Å². The largest absolute Gasteiger partial charge is 0.481 e. The summed E-state index contributed by atoms with van der Waals surface area (Å²) in [5.74, 6) is -2.96. The van der Waals surface area contributed by atoms with E-state index in [1.165, 1.54) is 21.1 Å². The molecule has 11 heteroatoms. The standard InChI is InChI=1S/C21H23N5O5S/c22-18(23)13-3-5-14(6-4-13)19(29)24-7-8-25-9-10-26(21(31)20(25)30)15(12-17(27)28)16-2-1-11-32-16/h1-6,11,15H,7-10,12H2,(H3,22,23)(H,24,29)(H,27,28). The zero-order chi connectivity index (χ0) is 23.3. The first kappa shape index (κ1) is 22.9. The summed E-state index contributed by atoms with van der Waals surface area (Å²) in [6.45, 7) is 0.754. The molecule has 1 aromatic heterocycles. The highest BCUT2D eigenvalue weighted by molar-refractivity contribution is 7.10. The van der Waals surface area contributed by atoms with Crippen LogP contribution in [0.1, 0.15) is 33.3 Å². The van der Waals surface area contributed by atoms with E-state index in [1.54, 1.807) is 41.8 Å². The summed E-state index contributed by atoms with van der Waals surface area (Å²) in [6, 6.07) is 9.07. The summed E-state index contributed by atoms with van der Waals surface area (Å²) in [4.78, 5) is 52.2. The Morgan fingerprint density at radius 3 is 2.41 bits per heavy atom. The van der Waals surface area contributed by atoms with E-state index in [0.717, 1.165) is 0 Å². The fourth-order valence-corrected chi connectivity index (χ4v) is 4.26. The highest BCUT2D eigenvalue weighted by Crippen LogP contribution is 2.29. The number of piperazine rings is 1. The lowest BCUT2D eigenvalue weighted by Crippen LogP contribution is -2.56. The van der Waals surface area contributed by atoms with Crippen LogP contribution in [0.3, 0.4) is 0 Å². The van der Waals surface area contributed by atoms with E-state index < -0.39 is 23.8 Å². The van der Waals surface area contributed by atoms with Gasteiger partial charge >= 0.3 is 17.8 Å². The Morgan fingerprint density at radius 1 is 1.12 bits per heavy atom. The minimum Gasteiger partial charge on any atom is -0.481 e. The van der Waals surface area contributed by atoms with Crippen molar-refractivity contribution >= 4 is 40.9 Å². The number of carbonyl (C=O) groups is 4. The zero-order valence-electron chi connectivity index (χ0n) is 17.1. The second kappa shape index (κ2) is 10.1. The molecule has 0 saturated carbocycles. The van der Waals surface area contributed by atoms with E-state index >= 15 is 0 Å². The molecule has 2 heterocycles. The van der Waals surface area contributed by atoms with E-state index in [-0.39, 0.29) is 44.3 Å². The van der Waals surface area contributed by atoms with Crippen LogP contribution in [0, 0.1) is 5.41 Å². The Hall–Kier alpha value is -3.73. The van der Waals surface area contributed by atoms with Crippen molar-refractivity contribution in [1.82, 2.24) is 15.1 Å². The molecular weight excluding hydrogens is 434 g/mol. The van der Waals surface area contributed by atoms with Gasteiger partial charge in [-0.15, -0.1) is 11.3 Å². The average Bonchev–Trinajstić information content (AvgIpc) is 3.30. The zero-order valence-corrected chi connectivity index (χ0v) is 17.9. The van der Waals surface area contributed by atoms with E-state index in [9.17, 15) is 24.3 Å². The maximum Gasteiger partial charge on any atom is 0.312 e. The molecule has 1 aliphatic heterocycles. The normalized spacial score (nSPS) is 14.9. The Labute approximate surface area is 188 Å². The lowest BCUT2D eigenvalue weighted by molar-refractivity contribution is -0.158. The number of hydrogen-bond acceptors (Lipinski definition) is 6. The molecule has 0 aliphatic carbocycles. The number of nitrogen functional groups attached to an aromatic ring is 1. The molecule has 10 nitrogen and oxygen atoms in total. The summed E-state index contributed by atoms with van der Waals surface area (Å²) in [7, 11) is 0. The first-order chi connectivity index (χ1) is 15.3. The highest BCUT2D eigenvalue weighted by Gasteiger charge is 2.37. The molecule has 1 saturated heterocycles. The summed E-state index contributed by atoms with van der Waals surface area (Å²) < 4.78 is 0. The van der Waals surface area contributed by atoms with Gasteiger partial charge in [0.15, 0.2) is 0 Å². The van der Waals surface area contributed by atoms with Crippen LogP contribution in [0.25, 0.3) is 0 Å². The molecule has 1 aromatic carbocycles. The fraction of sp³-hybridized carbons (Fsp3) is 0.286. The number of carboxylic acids is 1. The second-order valence-corrected chi connectivity index (χ2v) is 8.15. The molecule has 2 aromatic rings. The van der Waals surface area contributed by atoms with Crippen molar-refractivity contribution in [3.8, 4) is 0 Å². The molecule has 0 radical (unpaired) electrons. The molecule has 5 N–H and O–H groups in total. The van der Waals surface area contributed by atoms with Crippen LogP contribution in [0.5, 0.6) is 0 Å². The van der Waals surface area contributed by atoms with Crippen LogP contribution >= 0.6 is 11.3 Å². The SMILES string of the molecule is N=C(N)c1ccc(C(=O)NCCN2CCN(C(CC(=O)O)c3cccs3)C(=O)C2=O)cc1. The van der Waals surface area contributed by atoms with Crippen molar-refractivity contribution in [1.29, 1.82) is 5.41 Å². The van der Waals surface area contributed by atoms with Crippen molar-refractivity contribution < 1.29 is 24.3 Å². The van der Waals surface area contributed by atoms with Gasteiger partial charge in [0.25, 0.3) is 5.91 Å². The maximum atomic E-state index is 12.7. The van der Waals surface area contributed by atoms with E-state index in [2.05, 4.69) is 5.32 Å². The van der Waals surface area contributed by atoms with Gasteiger partial charge in [-0.25, -0.2) is 0 Å². The first-order valence-corrected chi connectivity index (χ1v) is 10.7. The van der Waals surface area contributed by atoms with Gasteiger partial charge < -0.3 is 26.0 Å². The van der Waals surface area contributed by atoms with E-state index in [0.29, 0.717) is 16.0 Å². The number of aliphatic carboxylic acids is 1. The van der Waals surface area contributed by atoms with Crippen LogP contribution in [-0.4, -0.2) is 70.6 Å². The lowest BCUT2D eigenvalue weighted by Gasteiger charge is -2.37. The molecule has 0 spiro atoms. The predicted molar refractivity (Wildman–Crippen MR) is 117 cm³/mol. The van der Waals surface area contributed by atoms with Crippen LogP contribution in [0.15, 0.2) is 41.8 Å². The van der Waals surface area contributed by atoms with Gasteiger partial charge in [-0.05, 0) is 23.6 Å². The number of hydrogen-bond donors (Lipinski definition) is 4. The fourth-order valence-electron chi connectivity index (χ4n) is 3.42. The minimum atomic E-state index is -1.05. The van der Waals surface area contributed by atoms with Gasteiger partial charge in [-0.3, -0.25) is 24.6 Å². The Balaban J connectivity index is 1.56. The van der Waals surface area contributed by atoms with Crippen LogP contribution in [-0.2, 0) is 14.4 Å². The van der Waals surface area contributed by atoms with E-state index in [1.807, 2.05) is 0 Å². The third-order valence-electron chi connectivity index (χ3n) is 5.08. The minimum absolute atomic E-state index is 0.0936. The Morgan fingerprint density at radius 2 is 1.81 bits per heavy atom. The number of amides is 3. The number of rotatable bonds is 9. The third-order valence-corrected chi connectivity index (χ3v) is 6.06. The van der Waals surface area contributed by atoms with Crippen molar-refractivity contribution in [3.05, 3.63) is 57.8 Å². The summed E-state index contributed by atoms with van der Waals surface area (Å²) in [5.41, 5.74) is 6.28. The molecule has 1 fully saturated rings. The average molecular weight is 458 g/mol. The van der Waals surface area contributed by atoms with Crippen molar-refractivity contribution in [2.75, 3.05) is 26.2 Å². The van der Waals surface area contributed by atoms with Crippen LogP contribution < -0.4 is 11.1 Å². The summed E-state index contributed by atoms with van der Waals surface area (Å²) >= 11 is 1.34. The predicted octanol–water partition coefficient (Wildman–Crippen LogP) is 0.649. The second-order valence-electron chi connectivity index (χ2n) is 7.17. The summed E-state index contributed by atoms with van der Waals surface area (Å²) in [6.07, 6.45) is -0.280. The lowest BCUT2D eigenvalue weighted by atomic mass is 10.1. The number of thiophene rings is 1. The number of nitrogens with two attached hydrogens (primary N) is 1. The molecule has 1 unspecified atom stereocenters. The van der Waals surface area contributed by atoms with Gasteiger partial charge in [0.05, 0.1) is 12.5 Å². The molecule has 168 valence electrons. The molecular formula is C21H23N5O5S. The monoisotopic (exact) mass is 457 g/mol. The Bertz CT molecular complexity index is 1020. The van der Waals surface area contributed by atoms with Crippen LogP contribution in [0.2, 0.25) is 0 Å². The number of benzene rings is 1. The van der Waals surface area contributed by atoms with Crippen molar-refractivity contribution in [3.63, 3.8) is 0 Å². The first-order valence-electron chi connectivity index (χ1n) is 9.85. The number of carbonyl (C=O) groups excluding carboxylic acids is 3. The number of carboxylic acid groups (broad SMARTS) is 1. The van der Waals surface area contributed by atoms with Gasteiger partial charge in [0, 0.05) is 42.2 Å². The smallest absolute Gasteiger partial charge is 0.312 e. The molecule has 32 heavy (non-hydrogen) atoms. The maximum absolute atomic E-state index is 12.7. The van der Waals surface area contributed by atoms with Gasteiger partial charge in [0.1, 0.15) is 5.84 Å². The van der Waals surface area contributed by atoms with Gasteiger partial charge in [0.2, 0.25) is 0 Å². The highest BCUT2D eigenvalue weighted by atomic mass is 32.1. The van der Waals surface area contributed by atoms with Gasteiger partial charge in [-0.1, -0.05) is 18.2 Å². The van der Waals surface area contributed by atoms with E-state index in [4.69, 9.17) is 11.1 Å². The third kappa shape index (κ3) is 5.30. The molecule has 3 amide bonds. The van der Waals surface area contributed by atoms with Crippen LogP contribution in [0.4, 0.5) is 0 Å². The number of amidine groups is 1. The molecule has 1 aliphatic rings.